The number of phenols is 2. The highest BCUT2D eigenvalue weighted by atomic mass is 16.4. The Balaban J connectivity index is 2.06. The van der Waals surface area contributed by atoms with E-state index in [4.69, 9.17) is 0 Å². The highest BCUT2D eigenvalue weighted by molar-refractivity contribution is 5.97. The van der Waals surface area contributed by atoms with E-state index in [2.05, 4.69) is 20.8 Å². The van der Waals surface area contributed by atoms with Gasteiger partial charge in [-0.25, -0.2) is 4.79 Å². The van der Waals surface area contributed by atoms with Gasteiger partial charge in [0.15, 0.2) is 5.82 Å². The number of hydrogen-bond acceptors (Lipinski definition) is 7. The number of aromatic hydroxyl groups is 2. The number of carboxylic acid groups (broad SMARTS) is 1. The number of phenolic OH excluding ortho intramolecular Hbond substituents is 2. The largest absolute Gasteiger partial charge is 0.508 e. The molecule has 1 atom stereocenters. The summed E-state index contributed by atoms with van der Waals surface area (Å²) in [4.78, 5) is 37.1. The molecule has 2 aromatic carbocycles. The smallest absolute Gasteiger partial charge is 0.326 e. The molecule has 3 rings (SSSR count). The third-order valence-corrected chi connectivity index (χ3v) is 5.91. The number of amides is 2. The number of benzene rings is 2. The Bertz CT molecular complexity index is 1330. The fourth-order valence-electron chi connectivity index (χ4n) is 4.02. The summed E-state index contributed by atoms with van der Waals surface area (Å²) in [5, 5.41) is 43.8. The zero-order valence-electron chi connectivity index (χ0n) is 22.0. The Labute approximate surface area is 220 Å². The zero-order valence-corrected chi connectivity index (χ0v) is 22.0. The van der Waals surface area contributed by atoms with Crippen LogP contribution in [0.15, 0.2) is 36.4 Å². The van der Waals surface area contributed by atoms with Crippen molar-refractivity contribution in [2.24, 2.45) is 5.92 Å². The second-order valence-corrected chi connectivity index (χ2v) is 9.67. The Morgan fingerprint density at radius 2 is 1.61 bits per heavy atom. The van der Waals surface area contributed by atoms with E-state index in [1.54, 1.807) is 25.1 Å². The first-order valence-electron chi connectivity index (χ1n) is 12.4. The second-order valence-electron chi connectivity index (χ2n) is 9.67. The molecular weight excluding hydrogens is 490 g/mol. The minimum atomic E-state index is -1.11. The van der Waals surface area contributed by atoms with E-state index in [1.807, 2.05) is 27.7 Å². The van der Waals surface area contributed by atoms with E-state index in [9.17, 15) is 29.7 Å². The summed E-state index contributed by atoms with van der Waals surface area (Å²) in [6, 6.07) is 7.94. The molecule has 0 aliphatic heterocycles. The average Bonchev–Trinajstić information content (AvgIpc) is 3.28. The molecule has 11 heteroatoms. The summed E-state index contributed by atoms with van der Waals surface area (Å²) in [6.45, 7) is 9.63. The molecule has 1 heterocycles. The van der Waals surface area contributed by atoms with Gasteiger partial charge in [0, 0.05) is 23.9 Å². The maximum absolute atomic E-state index is 12.8. The van der Waals surface area contributed by atoms with Gasteiger partial charge in [-0.15, -0.1) is 10.2 Å². The molecule has 5 N–H and O–H groups in total. The summed E-state index contributed by atoms with van der Waals surface area (Å²) in [7, 11) is 0. The molecule has 0 fully saturated rings. The average molecular weight is 524 g/mol. The summed E-state index contributed by atoms with van der Waals surface area (Å²) >= 11 is 0. The van der Waals surface area contributed by atoms with E-state index in [1.165, 1.54) is 22.8 Å². The van der Waals surface area contributed by atoms with Crippen molar-refractivity contribution >= 4 is 17.8 Å². The van der Waals surface area contributed by atoms with Gasteiger partial charge in [0.2, 0.25) is 5.82 Å². The van der Waals surface area contributed by atoms with E-state index in [-0.39, 0.29) is 52.5 Å². The van der Waals surface area contributed by atoms with Gasteiger partial charge in [-0.05, 0) is 61.1 Å². The molecule has 0 saturated heterocycles. The van der Waals surface area contributed by atoms with Crippen LogP contribution in [0.2, 0.25) is 0 Å². The molecule has 38 heavy (non-hydrogen) atoms. The Kier molecular flexibility index (Phi) is 8.72. The number of nitrogens with zero attached hydrogens (tertiary/aromatic N) is 3. The molecule has 2 amide bonds. The van der Waals surface area contributed by atoms with Crippen molar-refractivity contribution in [1.29, 1.82) is 0 Å². The lowest BCUT2D eigenvalue weighted by molar-refractivity contribution is -0.139. The molecule has 0 aliphatic carbocycles. The number of carbonyl (C=O) groups excluding carboxylic acids is 2. The van der Waals surface area contributed by atoms with Crippen LogP contribution in [0, 0.1) is 5.92 Å². The van der Waals surface area contributed by atoms with Crippen LogP contribution in [0.3, 0.4) is 0 Å². The number of nitrogens with one attached hydrogen (secondary N) is 2. The normalized spacial score (nSPS) is 12.0. The van der Waals surface area contributed by atoms with Crippen molar-refractivity contribution in [1.82, 2.24) is 25.4 Å². The van der Waals surface area contributed by atoms with Gasteiger partial charge in [0.1, 0.15) is 17.5 Å². The first kappa shape index (κ1) is 28.2. The van der Waals surface area contributed by atoms with Gasteiger partial charge < -0.3 is 26.0 Å². The van der Waals surface area contributed by atoms with Crippen molar-refractivity contribution in [3.8, 4) is 28.6 Å². The topological polar surface area (TPSA) is 167 Å². The van der Waals surface area contributed by atoms with Crippen LogP contribution in [0.4, 0.5) is 0 Å². The SMILES string of the molecule is CCNC(=O)c1nnc(-c2cc(C(C)C)c(O)cc2O)n1-c1ccc(C(=O)N[C@@H](CC(C)C)C(=O)O)cc1. The molecule has 0 bridgehead atoms. The molecule has 0 spiro atoms. The van der Waals surface area contributed by atoms with Crippen molar-refractivity contribution in [3.05, 3.63) is 53.3 Å². The number of aliphatic carboxylic acids is 1. The van der Waals surface area contributed by atoms with Crippen LogP contribution in [-0.4, -0.2) is 60.5 Å². The molecular formula is C27H33N5O6. The standard InChI is InChI=1S/C27H33N5O6/c1-6-28-26(36)24-31-30-23(19-12-18(15(4)5)21(33)13-22(19)34)32(24)17-9-7-16(8-10-17)25(35)29-20(27(37)38)11-14(2)3/h7-10,12-15,20,33-34H,6,11H2,1-5H3,(H,28,36)(H,29,35)(H,37,38)/t20-/m0/s1. The molecule has 0 aliphatic rings. The molecule has 0 unspecified atom stereocenters. The number of carboxylic acids is 1. The van der Waals surface area contributed by atoms with Crippen LogP contribution in [0.25, 0.3) is 17.1 Å². The Morgan fingerprint density at radius 1 is 0.947 bits per heavy atom. The highest BCUT2D eigenvalue weighted by Crippen LogP contribution is 2.38. The van der Waals surface area contributed by atoms with Crippen molar-refractivity contribution < 1.29 is 29.7 Å². The number of hydrogen-bond donors (Lipinski definition) is 5. The quantitative estimate of drug-likeness (QED) is 0.269. The van der Waals surface area contributed by atoms with E-state index < -0.39 is 23.8 Å². The highest BCUT2D eigenvalue weighted by Gasteiger charge is 2.25. The summed E-state index contributed by atoms with van der Waals surface area (Å²) < 4.78 is 1.45. The minimum absolute atomic E-state index is 0.0412. The fraction of sp³-hybridized carbons (Fsp3) is 0.370. The number of aromatic nitrogens is 3. The summed E-state index contributed by atoms with van der Waals surface area (Å²) in [5.41, 5.74) is 1.49. The third kappa shape index (κ3) is 6.10. The maximum atomic E-state index is 12.8. The lowest BCUT2D eigenvalue weighted by Crippen LogP contribution is -2.41. The summed E-state index contributed by atoms with van der Waals surface area (Å²) in [5.74, 6) is -2.33. The monoisotopic (exact) mass is 523 g/mol. The van der Waals surface area contributed by atoms with Crippen molar-refractivity contribution in [2.75, 3.05) is 6.54 Å². The van der Waals surface area contributed by atoms with E-state index in [0.29, 0.717) is 17.8 Å². The van der Waals surface area contributed by atoms with Crippen molar-refractivity contribution in [2.45, 2.75) is 53.0 Å². The molecule has 0 radical (unpaired) electrons. The Hall–Kier alpha value is -4.41. The van der Waals surface area contributed by atoms with Gasteiger partial charge in [-0.1, -0.05) is 27.7 Å². The molecule has 3 aromatic rings. The molecule has 1 aromatic heterocycles. The molecule has 202 valence electrons. The molecule has 0 saturated carbocycles. The lowest BCUT2D eigenvalue weighted by Gasteiger charge is -2.17. The first-order valence-corrected chi connectivity index (χ1v) is 12.4. The first-order chi connectivity index (χ1) is 17.9. The van der Waals surface area contributed by atoms with Crippen LogP contribution in [0.5, 0.6) is 11.5 Å². The van der Waals surface area contributed by atoms with Crippen LogP contribution >= 0.6 is 0 Å². The molecule has 11 nitrogen and oxygen atoms in total. The zero-order chi connectivity index (χ0) is 28.1. The van der Waals surface area contributed by atoms with Gasteiger partial charge >= 0.3 is 5.97 Å². The van der Waals surface area contributed by atoms with Crippen molar-refractivity contribution in [3.63, 3.8) is 0 Å². The number of carbonyl (C=O) groups is 3. The summed E-state index contributed by atoms with van der Waals surface area (Å²) in [6.07, 6.45) is 0.285. The van der Waals surface area contributed by atoms with Crippen LogP contribution in [-0.2, 0) is 4.79 Å². The minimum Gasteiger partial charge on any atom is -0.508 e. The van der Waals surface area contributed by atoms with E-state index >= 15 is 0 Å². The van der Waals surface area contributed by atoms with Gasteiger partial charge in [-0.2, -0.15) is 0 Å². The van der Waals surface area contributed by atoms with Gasteiger partial charge in [0.05, 0.1) is 5.56 Å². The Morgan fingerprint density at radius 3 is 2.16 bits per heavy atom. The van der Waals surface area contributed by atoms with Crippen LogP contribution in [0.1, 0.15) is 73.5 Å². The third-order valence-electron chi connectivity index (χ3n) is 5.91. The predicted molar refractivity (Wildman–Crippen MR) is 141 cm³/mol. The lowest BCUT2D eigenvalue weighted by atomic mass is 9.98. The van der Waals surface area contributed by atoms with Crippen LogP contribution < -0.4 is 10.6 Å². The second kappa shape index (κ2) is 11.8. The number of rotatable bonds is 10. The fourth-order valence-corrected chi connectivity index (χ4v) is 4.02. The van der Waals surface area contributed by atoms with E-state index in [0.717, 1.165) is 0 Å². The maximum Gasteiger partial charge on any atom is 0.326 e. The van der Waals surface area contributed by atoms with Gasteiger partial charge in [-0.3, -0.25) is 14.2 Å². The van der Waals surface area contributed by atoms with Gasteiger partial charge in [0.25, 0.3) is 11.8 Å². The predicted octanol–water partition coefficient (Wildman–Crippen LogP) is 3.45.